The molecule has 1 aromatic heterocycles. The van der Waals surface area contributed by atoms with E-state index in [1.54, 1.807) is 22.4 Å². The van der Waals surface area contributed by atoms with Gasteiger partial charge >= 0.3 is 0 Å². The summed E-state index contributed by atoms with van der Waals surface area (Å²) in [6.45, 7) is 1.09. The van der Waals surface area contributed by atoms with E-state index in [9.17, 15) is 9.59 Å². The molecule has 32 heavy (non-hydrogen) atoms. The number of imidazole rings is 1. The number of piperidine rings is 1. The summed E-state index contributed by atoms with van der Waals surface area (Å²) in [5.74, 6) is -0.164. The van der Waals surface area contributed by atoms with Gasteiger partial charge in [0.1, 0.15) is 12.0 Å². The van der Waals surface area contributed by atoms with Gasteiger partial charge in [-0.25, -0.2) is 9.99 Å². The third-order valence-electron chi connectivity index (χ3n) is 6.23. The van der Waals surface area contributed by atoms with E-state index in [-0.39, 0.29) is 23.8 Å². The zero-order valence-corrected chi connectivity index (χ0v) is 17.7. The van der Waals surface area contributed by atoms with E-state index in [0.29, 0.717) is 31.6 Å². The SMILES string of the molecule is O=C(c1cn(-c2ccccc2)cn1)N1CCC(C(=O)N2N=CCC2c2ccccc2)CC1. The molecule has 1 unspecified atom stereocenters. The van der Waals surface area contributed by atoms with Crippen molar-refractivity contribution in [3.8, 4) is 5.69 Å². The second kappa shape index (κ2) is 8.78. The van der Waals surface area contributed by atoms with Crippen molar-refractivity contribution in [3.05, 3.63) is 84.4 Å². The minimum absolute atomic E-state index is 0.0367. The van der Waals surface area contributed by atoms with Crippen molar-refractivity contribution in [2.75, 3.05) is 13.1 Å². The number of nitrogens with zero attached hydrogens (tertiary/aromatic N) is 5. The van der Waals surface area contributed by atoms with Gasteiger partial charge in [0.2, 0.25) is 5.91 Å². The van der Waals surface area contributed by atoms with Crippen LogP contribution < -0.4 is 0 Å². The zero-order chi connectivity index (χ0) is 21.9. The average molecular weight is 428 g/mol. The molecule has 2 aliphatic rings. The van der Waals surface area contributed by atoms with Crippen molar-refractivity contribution < 1.29 is 9.59 Å². The van der Waals surface area contributed by atoms with Crippen LogP contribution in [-0.2, 0) is 4.79 Å². The van der Waals surface area contributed by atoms with Crippen LogP contribution in [0.3, 0.4) is 0 Å². The standard InChI is InChI=1S/C25H25N5O2/c31-24(30-23(11-14-27-30)19-7-3-1-4-8-19)20-12-15-28(16-13-20)25(32)22-17-29(18-26-22)21-9-5-2-6-10-21/h1-10,14,17-18,20,23H,11-13,15-16H2. The van der Waals surface area contributed by atoms with Crippen LogP contribution in [0.4, 0.5) is 0 Å². The number of para-hydroxylation sites is 1. The Kier molecular flexibility index (Phi) is 5.54. The summed E-state index contributed by atoms with van der Waals surface area (Å²) >= 11 is 0. The Morgan fingerprint density at radius 3 is 2.31 bits per heavy atom. The van der Waals surface area contributed by atoms with Crippen molar-refractivity contribution in [1.82, 2.24) is 19.5 Å². The Hall–Kier alpha value is -3.74. The van der Waals surface area contributed by atoms with Crippen LogP contribution in [0.2, 0.25) is 0 Å². The normalized spacial score (nSPS) is 18.8. The number of likely N-dealkylation sites (tertiary alicyclic amines) is 1. The first-order valence-electron chi connectivity index (χ1n) is 11.0. The summed E-state index contributed by atoms with van der Waals surface area (Å²) < 4.78 is 1.85. The fraction of sp³-hybridized carbons (Fsp3) is 0.280. The Bertz CT molecular complexity index is 1120. The van der Waals surface area contributed by atoms with E-state index in [0.717, 1.165) is 17.7 Å². The number of hydrogen-bond acceptors (Lipinski definition) is 4. The number of carbonyl (C=O) groups excluding carboxylic acids is 2. The smallest absolute Gasteiger partial charge is 0.274 e. The Labute approximate surface area is 187 Å². The van der Waals surface area contributed by atoms with Crippen LogP contribution in [0.5, 0.6) is 0 Å². The third kappa shape index (κ3) is 3.93. The molecule has 3 heterocycles. The molecule has 2 aromatic carbocycles. The summed E-state index contributed by atoms with van der Waals surface area (Å²) in [5.41, 5.74) is 2.48. The lowest BCUT2D eigenvalue weighted by Crippen LogP contribution is -2.43. The van der Waals surface area contributed by atoms with Crippen LogP contribution in [0.1, 0.15) is 41.4 Å². The first-order valence-corrected chi connectivity index (χ1v) is 11.0. The molecule has 162 valence electrons. The van der Waals surface area contributed by atoms with Gasteiger partial charge in [0.15, 0.2) is 0 Å². The molecule has 0 bridgehead atoms. The Balaban J connectivity index is 1.21. The van der Waals surface area contributed by atoms with Crippen molar-refractivity contribution in [1.29, 1.82) is 0 Å². The Morgan fingerprint density at radius 2 is 1.59 bits per heavy atom. The number of rotatable bonds is 4. The minimum Gasteiger partial charge on any atom is -0.337 e. The maximum Gasteiger partial charge on any atom is 0.274 e. The predicted molar refractivity (Wildman–Crippen MR) is 121 cm³/mol. The fourth-order valence-electron chi connectivity index (χ4n) is 4.43. The third-order valence-corrected chi connectivity index (χ3v) is 6.23. The summed E-state index contributed by atoms with van der Waals surface area (Å²) in [5, 5.41) is 6.01. The van der Waals surface area contributed by atoms with Gasteiger partial charge in [-0.05, 0) is 30.5 Å². The Morgan fingerprint density at radius 1 is 0.906 bits per heavy atom. The molecule has 1 saturated heterocycles. The van der Waals surface area contributed by atoms with Crippen molar-refractivity contribution in [3.63, 3.8) is 0 Å². The van der Waals surface area contributed by atoms with Gasteiger partial charge in [-0.15, -0.1) is 0 Å². The maximum atomic E-state index is 13.2. The molecule has 0 aliphatic carbocycles. The number of aromatic nitrogens is 2. The van der Waals surface area contributed by atoms with Crippen LogP contribution in [0, 0.1) is 5.92 Å². The quantitative estimate of drug-likeness (QED) is 0.638. The van der Waals surface area contributed by atoms with Gasteiger partial charge in [0, 0.05) is 43.5 Å². The van der Waals surface area contributed by atoms with Crippen LogP contribution in [0.25, 0.3) is 5.69 Å². The minimum atomic E-state index is -0.123. The molecule has 7 nitrogen and oxygen atoms in total. The number of hydrazone groups is 1. The van der Waals surface area contributed by atoms with E-state index in [4.69, 9.17) is 0 Å². The molecule has 0 saturated carbocycles. The highest BCUT2D eigenvalue weighted by Gasteiger charge is 2.35. The highest BCUT2D eigenvalue weighted by molar-refractivity contribution is 5.92. The van der Waals surface area contributed by atoms with E-state index < -0.39 is 0 Å². The van der Waals surface area contributed by atoms with E-state index in [2.05, 4.69) is 10.1 Å². The fourth-order valence-corrected chi connectivity index (χ4v) is 4.43. The molecular weight excluding hydrogens is 402 g/mol. The number of amides is 2. The van der Waals surface area contributed by atoms with E-state index >= 15 is 0 Å². The van der Waals surface area contributed by atoms with Gasteiger partial charge in [-0.1, -0.05) is 48.5 Å². The molecule has 1 atom stereocenters. The number of hydrogen-bond donors (Lipinski definition) is 0. The highest BCUT2D eigenvalue weighted by Crippen LogP contribution is 2.31. The van der Waals surface area contributed by atoms with Crippen LogP contribution in [0.15, 0.2) is 78.3 Å². The first-order chi connectivity index (χ1) is 15.7. The molecule has 1 fully saturated rings. The lowest BCUT2D eigenvalue weighted by atomic mass is 9.94. The molecular formula is C25H25N5O2. The average Bonchev–Trinajstić information content (AvgIpc) is 3.55. The van der Waals surface area contributed by atoms with Gasteiger partial charge in [0.25, 0.3) is 5.91 Å². The van der Waals surface area contributed by atoms with E-state index in [1.165, 1.54) is 0 Å². The van der Waals surface area contributed by atoms with Gasteiger partial charge < -0.3 is 9.47 Å². The number of carbonyl (C=O) groups is 2. The topological polar surface area (TPSA) is 70.8 Å². The lowest BCUT2D eigenvalue weighted by molar-refractivity contribution is -0.138. The van der Waals surface area contributed by atoms with E-state index in [1.807, 2.05) is 71.4 Å². The summed E-state index contributed by atoms with van der Waals surface area (Å²) in [6.07, 6.45) is 7.25. The molecule has 2 amide bonds. The van der Waals surface area contributed by atoms with Crippen molar-refractivity contribution >= 4 is 18.0 Å². The maximum absolute atomic E-state index is 13.2. The molecule has 5 rings (SSSR count). The first kappa shape index (κ1) is 20.2. The second-order valence-electron chi connectivity index (χ2n) is 8.21. The number of benzene rings is 2. The van der Waals surface area contributed by atoms with Gasteiger partial charge in [-0.3, -0.25) is 9.59 Å². The summed E-state index contributed by atoms with van der Waals surface area (Å²) in [7, 11) is 0. The largest absolute Gasteiger partial charge is 0.337 e. The molecule has 2 aliphatic heterocycles. The molecule has 7 heteroatoms. The zero-order valence-electron chi connectivity index (χ0n) is 17.7. The molecule has 0 spiro atoms. The summed E-state index contributed by atoms with van der Waals surface area (Å²) in [4.78, 5) is 32.2. The highest BCUT2D eigenvalue weighted by atomic mass is 16.2. The lowest BCUT2D eigenvalue weighted by Gasteiger charge is -2.33. The van der Waals surface area contributed by atoms with Gasteiger partial charge in [0.05, 0.1) is 6.04 Å². The second-order valence-corrected chi connectivity index (χ2v) is 8.21. The van der Waals surface area contributed by atoms with Crippen LogP contribution >= 0.6 is 0 Å². The van der Waals surface area contributed by atoms with Crippen LogP contribution in [-0.4, -0.2) is 50.6 Å². The molecule has 0 radical (unpaired) electrons. The predicted octanol–water partition coefficient (Wildman–Crippen LogP) is 3.68. The monoisotopic (exact) mass is 427 g/mol. The van der Waals surface area contributed by atoms with Crippen molar-refractivity contribution in [2.45, 2.75) is 25.3 Å². The molecule has 0 N–H and O–H groups in total. The summed E-state index contributed by atoms with van der Waals surface area (Å²) in [6, 6.07) is 19.8. The van der Waals surface area contributed by atoms with Crippen molar-refractivity contribution in [2.24, 2.45) is 11.0 Å². The molecule has 3 aromatic rings. The van der Waals surface area contributed by atoms with Gasteiger partial charge in [-0.2, -0.15) is 5.10 Å².